The molecule has 0 aromatic heterocycles. The molecule has 13 heavy (non-hydrogen) atoms. The first-order valence-electron chi connectivity index (χ1n) is 4.50. The van der Waals surface area contributed by atoms with E-state index in [1.165, 1.54) is 0 Å². The minimum absolute atomic E-state index is 0.400. The Kier molecular flexibility index (Phi) is 6.25. The summed E-state index contributed by atoms with van der Waals surface area (Å²) >= 11 is 5.14. The van der Waals surface area contributed by atoms with E-state index >= 15 is 0 Å². The molecule has 3 nitrogen and oxygen atoms in total. The van der Waals surface area contributed by atoms with Crippen LogP contribution in [0, 0.1) is 11.3 Å². The molecule has 0 aliphatic rings. The Morgan fingerprint density at radius 2 is 2.31 bits per heavy atom. The van der Waals surface area contributed by atoms with Gasteiger partial charge in [-0.05, 0) is 25.6 Å². The van der Waals surface area contributed by atoms with E-state index in [1.54, 1.807) is 0 Å². The van der Waals surface area contributed by atoms with Crippen LogP contribution >= 0.6 is 12.2 Å². The molecule has 1 atom stereocenters. The molecule has 0 aromatic rings. The fourth-order valence-corrected chi connectivity index (χ4v) is 1.03. The molecule has 4 heteroatoms. The van der Waals surface area contributed by atoms with E-state index in [9.17, 15) is 0 Å². The minimum Gasteiger partial charge on any atom is -0.360 e. The van der Waals surface area contributed by atoms with Crippen LogP contribution < -0.4 is 5.32 Å². The zero-order valence-corrected chi connectivity index (χ0v) is 9.32. The minimum atomic E-state index is 0.400. The van der Waals surface area contributed by atoms with Gasteiger partial charge in [0, 0.05) is 19.6 Å². The van der Waals surface area contributed by atoms with Crippen LogP contribution in [-0.2, 0) is 0 Å². The molecule has 0 spiro atoms. The number of hydrogen-bond acceptors (Lipinski definition) is 2. The quantitative estimate of drug-likeness (QED) is 0.697. The van der Waals surface area contributed by atoms with Crippen LogP contribution in [0.15, 0.2) is 0 Å². The van der Waals surface area contributed by atoms with Crippen molar-refractivity contribution in [1.82, 2.24) is 10.2 Å². The largest absolute Gasteiger partial charge is 0.360 e. The molecule has 0 aliphatic carbocycles. The van der Waals surface area contributed by atoms with Crippen LogP contribution in [0.4, 0.5) is 0 Å². The van der Waals surface area contributed by atoms with Crippen LogP contribution in [0.2, 0.25) is 0 Å². The molecule has 0 saturated heterocycles. The lowest BCUT2D eigenvalue weighted by molar-refractivity contribution is 0.486. The Morgan fingerprint density at radius 3 is 2.77 bits per heavy atom. The molecule has 1 N–H and O–H groups in total. The Balaban J connectivity index is 3.76. The van der Waals surface area contributed by atoms with Gasteiger partial charge in [-0.2, -0.15) is 5.26 Å². The summed E-state index contributed by atoms with van der Waals surface area (Å²) in [4.78, 5) is 1.89. The second-order valence-corrected chi connectivity index (χ2v) is 3.48. The molecule has 1 unspecified atom stereocenters. The first kappa shape index (κ1) is 12.2. The van der Waals surface area contributed by atoms with Crippen molar-refractivity contribution in [3.63, 3.8) is 0 Å². The van der Waals surface area contributed by atoms with Gasteiger partial charge in [-0.3, -0.25) is 0 Å². The highest BCUT2D eigenvalue weighted by Gasteiger charge is 2.05. The molecular formula is C9H17N3S. The molecule has 74 valence electrons. The summed E-state index contributed by atoms with van der Waals surface area (Å²) < 4.78 is 0. The van der Waals surface area contributed by atoms with Crippen LogP contribution in [0.1, 0.15) is 26.7 Å². The van der Waals surface area contributed by atoms with Gasteiger partial charge < -0.3 is 10.2 Å². The zero-order chi connectivity index (χ0) is 10.3. The maximum atomic E-state index is 8.38. The zero-order valence-electron chi connectivity index (χ0n) is 8.50. The van der Waals surface area contributed by atoms with Crippen LogP contribution in [-0.4, -0.2) is 29.6 Å². The maximum absolute atomic E-state index is 8.38. The van der Waals surface area contributed by atoms with Gasteiger partial charge in [-0.25, -0.2) is 0 Å². The summed E-state index contributed by atoms with van der Waals surface area (Å²) in [5, 5.41) is 12.3. The molecule has 0 aliphatic heterocycles. The molecule has 0 radical (unpaired) electrons. The van der Waals surface area contributed by atoms with Crippen molar-refractivity contribution >= 4 is 17.3 Å². The summed E-state index contributed by atoms with van der Waals surface area (Å²) in [6.07, 6.45) is 1.56. The molecule has 0 heterocycles. The van der Waals surface area contributed by atoms with Gasteiger partial charge >= 0.3 is 0 Å². The Morgan fingerprint density at radius 1 is 1.69 bits per heavy atom. The lowest BCUT2D eigenvalue weighted by atomic mass is 10.3. The normalized spacial score (nSPS) is 11.5. The molecular weight excluding hydrogens is 182 g/mol. The van der Waals surface area contributed by atoms with E-state index in [4.69, 9.17) is 17.5 Å². The number of nitrogens with zero attached hydrogens (tertiary/aromatic N) is 2. The van der Waals surface area contributed by atoms with Gasteiger partial charge in [-0.15, -0.1) is 0 Å². The van der Waals surface area contributed by atoms with Gasteiger partial charge in [0.15, 0.2) is 5.11 Å². The average Bonchev–Trinajstić information content (AvgIpc) is 2.13. The highest BCUT2D eigenvalue weighted by atomic mass is 32.1. The van der Waals surface area contributed by atoms with E-state index in [2.05, 4.69) is 25.2 Å². The lowest BCUT2D eigenvalue weighted by Crippen LogP contribution is -2.41. The summed E-state index contributed by atoms with van der Waals surface area (Å²) in [6.45, 7) is 4.89. The molecule has 0 fully saturated rings. The monoisotopic (exact) mass is 199 g/mol. The first-order chi connectivity index (χ1) is 6.11. The van der Waals surface area contributed by atoms with Gasteiger partial charge in [0.25, 0.3) is 0 Å². The molecule has 0 amide bonds. The molecule has 0 bridgehead atoms. The van der Waals surface area contributed by atoms with Crippen molar-refractivity contribution in [3.8, 4) is 6.07 Å². The smallest absolute Gasteiger partial charge is 0.168 e. The van der Waals surface area contributed by atoms with Crippen LogP contribution in [0.25, 0.3) is 0 Å². The van der Waals surface area contributed by atoms with Crippen LogP contribution in [0.3, 0.4) is 0 Å². The highest BCUT2D eigenvalue weighted by Crippen LogP contribution is 1.93. The summed E-state index contributed by atoms with van der Waals surface area (Å²) in [7, 11) is 1.90. The third-order valence-corrected chi connectivity index (χ3v) is 2.32. The lowest BCUT2D eigenvalue weighted by Gasteiger charge is -2.22. The topological polar surface area (TPSA) is 39.1 Å². The Bertz CT molecular complexity index is 198. The highest BCUT2D eigenvalue weighted by molar-refractivity contribution is 7.80. The third kappa shape index (κ3) is 5.42. The van der Waals surface area contributed by atoms with E-state index < -0.39 is 0 Å². The third-order valence-electron chi connectivity index (χ3n) is 1.89. The number of hydrogen-bond donors (Lipinski definition) is 1. The van der Waals surface area contributed by atoms with Crippen LogP contribution in [0.5, 0.6) is 0 Å². The number of thiocarbonyl (C=S) groups is 1. The molecule has 0 saturated carbocycles. The van der Waals surface area contributed by atoms with E-state index in [1.807, 2.05) is 11.9 Å². The van der Waals surface area contributed by atoms with Gasteiger partial charge in [0.05, 0.1) is 12.5 Å². The van der Waals surface area contributed by atoms with Crippen molar-refractivity contribution in [1.29, 1.82) is 5.26 Å². The average molecular weight is 199 g/mol. The van der Waals surface area contributed by atoms with Crippen molar-refractivity contribution in [2.45, 2.75) is 32.7 Å². The van der Waals surface area contributed by atoms with Crippen molar-refractivity contribution in [3.05, 3.63) is 0 Å². The van der Waals surface area contributed by atoms with Gasteiger partial charge in [0.1, 0.15) is 0 Å². The van der Waals surface area contributed by atoms with Crippen molar-refractivity contribution < 1.29 is 0 Å². The summed E-state index contributed by atoms with van der Waals surface area (Å²) in [6, 6.07) is 2.49. The maximum Gasteiger partial charge on any atom is 0.168 e. The molecule has 0 rings (SSSR count). The van der Waals surface area contributed by atoms with Crippen molar-refractivity contribution in [2.24, 2.45) is 0 Å². The molecule has 0 aromatic carbocycles. The fraction of sp³-hybridized carbons (Fsp3) is 0.778. The SMILES string of the molecule is CCC(C)NC(=S)N(C)CCC#N. The van der Waals surface area contributed by atoms with Crippen molar-refractivity contribution in [2.75, 3.05) is 13.6 Å². The predicted octanol–water partition coefficient (Wildman–Crippen LogP) is 1.50. The standard InChI is InChI=1S/C9H17N3S/c1-4-8(2)11-9(13)12(3)7-5-6-10/h8H,4-5,7H2,1-3H3,(H,11,13). The van der Waals surface area contributed by atoms with E-state index in [0.29, 0.717) is 19.0 Å². The fourth-order valence-electron chi connectivity index (χ4n) is 0.742. The Labute approximate surface area is 85.7 Å². The number of rotatable bonds is 4. The van der Waals surface area contributed by atoms with Gasteiger partial charge in [0.2, 0.25) is 0 Å². The van der Waals surface area contributed by atoms with E-state index in [-0.39, 0.29) is 0 Å². The Hall–Kier alpha value is -0.820. The second-order valence-electron chi connectivity index (χ2n) is 3.09. The predicted molar refractivity (Wildman–Crippen MR) is 58.3 cm³/mol. The second kappa shape index (κ2) is 6.67. The first-order valence-corrected chi connectivity index (χ1v) is 4.91. The number of nitriles is 1. The summed E-state index contributed by atoms with van der Waals surface area (Å²) in [5.41, 5.74) is 0. The number of nitrogens with one attached hydrogen (secondary N) is 1. The van der Waals surface area contributed by atoms with E-state index in [0.717, 1.165) is 11.5 Å². The van der Waals surface area contributed by atoms with Gasteiger partial charge in [-0.1, -0.05) is 6.92 Å². The summed E-state index contributed by atoms with van der Waals surface area (Å²) in [5.74, 6) is 0.